The van der Waals surface area contributed by atoms with E-state index in [0.717, 1.165) is 12.0 Å². The molecule has 0 amide bonds. The van der Waals surface area contributed by atoms with Crippen LogP contribution in [-0.2, 0) is 4.74 Å². The highest BCUT2D eigenvalue weighted by atomic mass is 19.1. The fourth-order valence-corrected chi connectivity index (χ4v) is 1.76. The lowest BCUT2D eigenvalue weighted by Gasteiger charge is -2.01. The number of nitrogens with zero attached hydrogens (tertiary/aromatic N) is 2. The van der Waals surface area contributed by atoms with E-state index >= 15 is 0 Å². The summed E-state index contributed by atoms with van der Waals surface area (Å²) in [5, 5.41) is 12.1. The van der Waals surface area contributed by atoms with Gasteiger partial charge in [-0.3, -0.25) is 0 Å². The number of halogens is 1. The first-order valence-electron chi connectivity index (χ1n) is 6.80. The Morgan fingerprint density at radius 1 is 1.36 bits per heavy atom. The Hall–Kier alpha value is -2.65. The van der Waals surface area contributed by atoms with Crippen molar-refractivity contribution in [3.05, 3.63) is 47.2 Å². The highest BCUT2D eigenvalue weighted by Crippen LogP contribution is 2.18. The van der Waals surface area contributed by atoms with Gasteiger partial charge in [-0.2, -0.15) is 10.2 Å². The van der Waals surface area contributed by atoms with Crippen LogP contribution in [0.3, 0.4) is 0 Å². The van der Waals surface area contributed by atoms with Crippen LogP contribution in [0.1, 0.15) is 23.6 Å². The summed E-state index contributed by atoms with van der Waals surface area (Å²) in [7, 11) is 1.63. The molecule has 0 aliphatic heterocycles. The maximum atomic E-state index is 12.8. The molecule has 1 aromatic carbocycles. The summed E-state index contributed by atoms with van der Waals surface area (Å²) in [6.07, 6.45) is 4.17. The van der Waals surface area contributed by atoms with Gasteiger partial charge in [-0.15, -0.1) is 0 Å². The van der Waals surface area contributed by atoms with Gasteiger partial charge in [0.1, 0.15) is 11.9 Å². The van der Waals surface area contributed by atoms with Crippen LogP contribution in [0.15, 0.2) is 28.7 Å². The second-order valence-corrected chi connectivity index (χ2v) is 4.50. The molecule has 0 saturated heterocycles. The van der Waals surface area contributed by atoms with Crippen molar-refractivity contribution in [2.75, 3.05) is 25.6 Å². The predicted molar refractivity (Wildman–Crippen MR) is 81.5 cm³/mol. The van der Waals surface area contributed by atoms with Gasteiger partial charge in [0.15, 0.2) is 0 Å². The number of aromatic nitrogens is 1. The van der Waals surface area contributed by atoms with Crippen LogP contribution in [0.2, 0.25) is 0 Å². The lowest BCUT2D eigenvalue weighted by atomic mass is 10.2. The highest BCUT2D eigenvalue weighted by molar-refractivity contribution is 5.67. The van der Waals surface area contributed by atoms with E-state index in [1.54, 1.807) is 31.4 Å². The number of hydrogen-bond donors (Lipinski definition) is 1. The van der Waals surface area contributed by atoms with E-state index < -0.39 is 0 Å². The lowest BCUT2D eigenvalue weighted by molar-refractivity contribution is 0.197. The minimum Gasteiger partial charge on any atom is -0.420 e. The van der Waals surface area contributed by atoms with Crippen molar-refractivity contribution in [1.29, 1.82) is 5.26 Å². The number of ether oxygens (including phenoxy) is 1. The molecule has 0 unspecified atom stereocenters. The van der Waals surface area contributed by atoms with Crippen molar-refractivity contribution in [3.63, 3.8) is 0 Å². The van der Waals surface area contributed by atoms with Gasteiger partial charge in [0, 0.05) is 26.3 Å². The van der Waals surface area contributed by atoms with Gasteiger partial charge in [0.2, 0.25) is 17.5 Å². The number of oxazole rings is 1. The molecule has 114 valence electrons. The van der Waals surface area contributed by atoms with E-state index in [2.05, 4.69) is 10.3 Å². The first kappa shape index (κ1) is 15.7. The van der Waals surface area contributed by atoms with Gasteiger partial charge in [0.25, 0.3) is 0 Å². The Morgan fingerprint density at radius 3 is 2.82 bits per heavy atom. The van der Waals surface area contributed by atoms with Gasteiger partial charge in [-0.1, -0.05) is 12.1 Å². The van der Waals surface area contributed by atoms with Gasteiger partial charge >= 0.3 is 0 Å². The van der Waals surface area contributed by atoms with Gasteiger partial charge in [-0.05, 0) is 30.2 Å². The van der Waals surface area contributed by atoms with Crippen LogP contribution in [-0.4, -0.2) is 25.2 Å². The maximum absolute atomic E-state index is 12.8. The molecule has 6 heteroatoms. The minimum atomic E-state index is -0.289. The van der Waals surface area contributed by atoms with Crippen molar-refractivity contribution < 1.29 is 13.5 Å². The zero-order valence-electron chi connectivity index (χ0n) is 12.2. The number of methoxy groups -OCH3 is 1. The average molecular weight is 301 g/mol. The fraction of sp³-hybridized carbons (Fsp3) is 0.250. The topological polar surface area (TPSA) is 71.1 Å². The Morgan fingerprint density at radius 2 is 2.14 bits per heavy atom. The summed E-state index contributed by atoms with van der Waals surface area (Å²) in [5.41, 5.74) is 1.02. The van der Waals surface area contributed by atoms with Crippen LogP contribution in [0, 0.1) is 17.1 Å². The lowest BCUT2D eigenvalue weighted by Crippen LogP contribution is -2.04. The monoisotopic (exact) mass is 301 g/mol. The minimum absolute atomic E-state index is 0.205. The van der Waals surface area contributed by atoms with Crippen LogP contribution in [0.4, 0.5) is 10.3 Å². The Bertz CT molecular complexity index is 672. The third-order valence-corrected chi connectivity index (χ3v) is 2.85. The van der Waals surface area contributed by atoms with Crippen molar-refractivity contribution in [2.24, 2.45) is 0 Å². The summed E-state index contributed by atoms with van der Waals surface area (Å²) < 4.78 is 23.3. The van der Waals surface area contributed by atoms with Gasteiger partial charge in [0.05, 0.1) is 0 Å². The second kappa shape index (κ2) is 7.96. The molecule has 0 spiro atoms. The molecule has 22 heavy (non-hydrogen) atoms. The number of benzene rings is 1. The fourth-order valence-electron chi connectivity index (χ4n) is 1.76. The molecule has 5 nitrogen and oxygen atoms in total. The third-order valence-electron chi connectivity index (χ3n) is 2.85. The van der Waals surface area contributed by atoms with Crippen molar-refractivity contribution >= 4 is 18.0 Å². The van der Waals surface area contributed by atoms with Crippen LogP contribution in [0.5, 0.6) is 0 Å². The first-order valence-corrected chi connectivity index (χ1v) is 6.80. The molecular formula is C16H16FN3O2. The molecule has 0 atom stereocenters. The zero-order chi connectivity index (χ0) is 15.8. The van der Waals surface area contributed by atoms with Crippen LogP contribution >= 0.6 is 0 Å². The first-order chi connectivity index (χ1) is 10.7. The van der Waals surface area contributed by atoms with E-state index in [4.69, 9.17) is 14.4 Å². The molecule has 0 radical (unpaired) electrons. The van der Waals surface area contributed by atoms with E-state index in [9.17, 15) is 4.39 Å². The smallest absolute Gasteiger partial charge is 0.232 e. The molecule has 1 heterocycles. The molecule has 0 saturated carbocycles. The molecule has 0 bridgehead atoms. The Kier molecular flexibility index (Phi) is 5.69. The van der Waals surface area contributed by atoms with Gasteiger partial charge < -0.3 is 14.5 Å². The molecule has 2 aromatic rings. The molecule has 1 N–H and O–H groups in total. The number of anilines is 1. The second-order valence-electron chi connectivity index (χ2n) is 4.50. The predicted octanol–water partition coefficient (Wildman–Crippen LogP) is 3.30. The normalized spacial score (nSPS) is 10.8. The highest BCUT2D eigenvalue weighted by Gasteiger charge is 2.10. The number of nitrogens with one attached hydrogen (secondary N) is 1. The number of nitriles is 1. The summed E-state index contributed by atoms with van der Waals surface area (Å²) >= 11 is 0. The summed E-state index contributed by atoms with van der Waals surface area (Å²) in [5.74, 6) is 0.370. The number of rotatable bonds is 7. The molecule has 0 fully saturated rings. The molecule has 1 aromatic heterocycles. The Labute approximate surface area is 128 Å². The van der Waals surface area contributed by atoms with E-state index in [1.165, 1.54) is 12.1 Å². The summed E-state index contributed by atoms with van der Waals surface area (Å²) in [6, 6.07) is 8.01. The standard InChI is InChI=1S/C16H16FN3O2/c1-21-10-2-9-19-16-14(11-18)20-15(22-16)8-5-12-3-6-13(17)7-4-12/h3-8,19H,2,9-10H2,1H3. The molecule has 0 aliphatic carbocycles. The third kappa shape index (κ3) is 4.43. The van der Waals surface area contributed by atoms with Crippen LogP contribution < -0.4 is 5.32 Å². The van der Waals surface area contributed by atoms with Crippen LogP contribution in [0.25, 0.3) is 12.2 Å². The maximum Gasteiger partial charge on any atom is 0.232 e. The molecular weight excluding hydrogens is 285 g/mol. The molecule has 2 rings (SSSR count). The SMILES string of the molecule is COCCCNc1oc(C=Cc2ccc(F)cc2)nc1C#N. The summed E-state index contributed by atoms with van der Waals surface area (Å²) in [6.45, 7) is 1.25. The largest absolute Gasteiger partial charge is 0.420 e. The van der Waals surface area contributed by atoms with Crippen molar-refractivity contribution in [2.45, 2.75) is 6.42 Å². The quantitative estimate of drug-likeness (QED) is 0.794. The van der Waals surface area contributed by atoms with Gasteiger partial charge in [-0.25, -0.2) is 4.39 Å². The average Bonchev–Trinajstić information content (AvgIpc) is 2.93. The van der Waals surface area contributed by atoms with E-state index in [1.807, 2.05) is 6.07 Å². The zero-order valence-corrected chi connectivity index (χ0v) is 12.2. The number of hydrogen-bond acceptors (Lipinski definition) is 5. The van der Waals surface area contributed by atoms with Crippen molar-refractivity contribution in [3.8, 4) is 6.07 Å². The van der Waals surface area contributed by atoms with E-state index in [-0.39, 0.29) is 11.5 Å². The Balaban J connectivity index is 2.04. The summed E-state index contributed by atoms with van der Waals surface area (Å²) in [4.78, 5) is 4.08. The molecule has 0 aliphatic rings. The van der Waals surface area contributed by atoms with E-state index in [0.29, 0.717) is 24.9 Å². The van der Waals surface area contributed by atoms with Crippen molar-refractivity contribution in [1.82, 2.24) is 4.98 Å².